The zero-order valence-electron chi connectivity index (χ0n) is 19.6. The first-order valence-electron chi connectivity index (χ1n) is 10.9. The zero-order chi connectivity index (χ0) is 25.2. The third-order valence-electron chi connectivity index (χ3n) is 5.66. The van der Waals surface area contributed by atoms with Gasteiger partial charge in [0.1, 0.15) is 11.3 Å². The Hall–Kier alpha value is -4.37. The number of hydrogen-bond acceptors (Lipinski definition) is 5. The van der Waals surface area contributed by atoms with Crippen molar-refractivity contribution >= 4 is 29.0 Å². The average molecular weight is 475 g/mol. The predicted molar refractivity (Wildman–Crippen MR) is 133 cm³/mol. The van der Waals surface area contributed by atoms with Crippen LogP contribution < -0.4 is 10.6 Å². The Bertz CT molecular complexity index is 1400. The van der Waals surface area contributed by atoms with Crippen molar-refractivity contribution in [3.63, 3.8) is 0 Å². The lowest BCUT2D eigenvalue weighted by atomic mass is 9.83. The van der Waals surface area contributed by atoms with Gasteiger partial charge in [-0.05, 0) is 29.8 Å². The fraction of sp³-hybridized carbons (Fsp3) is 0.192. The number of methoxy groups -OCH3 is 1. The zero-order valence-corrected chi connectivity index (χ0v) is 19.6. The summed E-state index contributed by atoms with van der Waals surface area (Å²) in [5, 5.41) is 29.4. The van der Waals surface area contributed by atoms with Crippen molar-refractivity contribution < 1.29 is 24.5 Å². The molecule has 0 saturated carbocycles. The number of benzene rings is 2. The Kier molecular flexibility index (Phi) is 6.44. The number of carbonyl (C=O) groups excluding carboxylic acids is 1. The third kappa shape index (κ3) is 4.80. The lowest BCUT2D eigenvalue weighted by Crippen LogP contribution is -2.25. The Morgan fingerprint density at radius 3 is 2.40 bits per heavy atom. The van der Waals surface area contributed by atoms with E-state index in [9.17, 15) is 19.8 Å². The number of aromatic nitrogens is 2. The van der Waals surface area contributed by atoms with Crippen molar-refractivity contribution in [1.82, 2.24) is 9.61 Å². The van der Waals surface area contributed by atoms with Gasteiger partial charge >= 0.3 is 6.09 Å². The number of para-hydroxylation sites is 2. The van der Waals surface area contributed by atoms with Crippen LogP contribution in [0.2, 0.25) is 0 Å². The largest absolute Gasteiger partial charge is 0.507 e. The van der Waals surface area contributed by atoms with Crippen LogP contribution in [-0.4, -0.2) is 45.5 Å². The molecule has 2 heterocycles. The maximum Gasteiger partial charge on any atom is 0.410 e. The van der Waals surface area contributed by atoms with Gasteiger partial charge in [-0.2, -0.15) is 0 Å². The molecule has 0 radical (unpaired) electrons. The molecule has 0 unspecified atom stereocenters. The van der Waals surface area contributed by atoms with Gasteiger partial charge in [0.05, 0.1) is 12.1 Å². The minimum atomic E-state index is -1.35. The van der Waals surface area contributed by atoms with Crippen molar-refractivity contribution in [2.24, 2.45) is 0 Å². The number of hydrogen-bond donors (Lipinski definition) is 4. The number of fused-ring (bicyclic) bond motifs is 1. The molecule has 0 aliphatic carbocycles. The predicted octanol–water partition coefficient (Wildman–Crippen LogP) is 4.97. The SMILES string of the molecule is COCC(C)(C)c1cc(-c2ccccc2O)cn2nc(NC(=O)O)c(C(=O)Nc3ccccc3)c12. The smallest absolute Gasteiger partial charge is 0.410 e. The molecule has 0 saturated heterocycles. The fourth-order valence-electron chi connectivity index (χ4n) is 4.12. The highest BCUT2D eigenvalue weighted by molar-refractivity contribution is 6.14. The number of rotatable bonds is 7. The molecule has 0 atom stereocenters. The van der Waals surface area contributed by atoms with E-state index in [1.807, 2.05) is 26.0 Å². The van der Waals surface area contributed by atoms with Crippen LogP contribution in [-0.2, 0) is 10.2 Å². The van der Waals surface area contributed by atoms with Crippen molar-refractivity contribution in [2.45, 2.75) is 19.3 Å². The summed E-state index contributed by atoms with van der Waals surface area (Å²) in [5.74, 6) is -0.532. The van der Waals surface area contributed by atoms with E-state index in [2.05, 4.69) is 15.7 Å². The van der Waals surface area contributed by atoms with E-state index >= 15 is 0 Å². The number of carbonyl (C=O) groups is 2. The van der Waals surface area contributed by atoms with Gasteiger partial charge in [0, 0.05) is 35.5 Å². The van der Waals surface area contributed by atoms with Crippen molar-refractivity contribution in [3.8, 4) is 16.9 Å². The van der Waals surface area contributed by atoms with E-state index in [1.165, 1.54) is 4.52 Å². The van der Waals surface area contributed by atoms with Crippen LogP contribution in [0.1, 0.15) is 29.8 Å². The molecular formula is C26H26N4O5. The molecular weight excluding hydrogens is 448 g/mol. The fourth-order valence-corrected chi connectivity index (χ4v) is 4.12. The number of aromatic hydroxyl groups is 1. The van der Waals surface area contributed by atoms with Crippen LogP contribution >= 0.6 is 0 Å². The van der Waals surface area contributed by atoms with Gasteiger partial charge in [0.2, 0.25) is 0 Å². The average Bonchev–Trinajstić information content (AvgIpc) is 3.16. The van der Waals surface area contributed by atoms with Gasteiger partial charge in [-0.1, -0.05) is 50.2 Å². The van der Waals surface area contributed by atoms with Crippen molar-refractivity contribution in [1.29, 1.82) is 0 Å². The Morgan fingerprint density at radius 1 is 1.06 bits per heavy atom. The summed E-state index contributed by atoms with van der Waals surface area (Å²) in [7, 11) is 1.59. The second-order valence-corrected chi connectivity index (χ2v) is 8.74. The van der Waals surface area contributed by atoms with E-state index in [-0.39, 0.29) is 17.1 Å². The Labute approximate surface area is 202 Å². The van der Waals surface area contributed by atoms with E-state index in [4.69, 9.17) is 4.74 Å². The topological polar surface area (TPSA) is 125 Å². The highest BCUT2D eigenvalue weighted by atomic mass is 16.5. The highest BCUT2D eigenvalue weighted by Gasteiger charge is 2.31. The molecule has 9 nitrogen and oxygen atoms in total. The van der Waals surface area contributed by atoms with E-state index in [1.54, 1.807) is 61.8 Å². The van der Waals surface area contributed by atoms with Crippen LogP contribution in [0, 0.1) is 0 Å². The minimum Gasteiger partial charge on any atom is -0.507 e. The van der Waals surface area contributed by atoms with Gasteiger partial charge in [0.15, 0.2) is 5.82 Å². The number of phenols is 1. The van der Waals surface area contributed by atoms with Gasteiger partial charge in [-0.3, -0.25) is 10.1 Å². The molecule has 180 valence electrons. The molecule has 4 rings (SSSR count). The first-order chi connectivity index (χ1) is 16.7. The molecule has 4 aromatic rings. The molecule has 2 amide bonds. The van der Waals surface area contributed by atoms with E-state index < -0.39 is 17.4 Å². The molecule has 4 N–H and O–H groups in total. The number of phenolic OH excluding ortho intramolecular Hbond substituents is 1. The summed E-state index contributed by atoms with van der Waals surface area (Å²) in [6, 6.07) is 17.6. The number of nitrogens with zero attached hydrogens (tertiary/aromatic N) is 2. The summed E-state index contributed by atoms with van der Waals surface area (Å²) in [6.45, 7) is 4.23. The summed E-state index contributed by atoms with van der Waals surface area (Å²) in [4.78, 5) is 25.0. The Morgan fingerprint density at radius 2 is 1.74 bits per heavy atom. The van der Waals surface area contributed by atoms with Gasteiger partial charge in [0.25, 0.3) is 5.91 Å². The number of anilines is 2. The van der Waals surface area contributed by atoms with E-state index in [0.717, 1.165) is 0 Å². The summed E-state index contributed by atoms with van der Waals surface area (Å²) < 4.78 is 6.93. The van der Waals surface area contributed by atoms with Crippen LogP contribution in [0.4, 0.5) is 16.3 Å². The molecule has 35 heavy (non-hydrogen) atoms. The second kappa shape index (κ2) is 9.47. The first kappa shape index (κ1) is 23.8. The summed E-state index contributed by atoms with van der Waals surface area (Å²) in [6.07, 6.45) is 0.309. The molecule has 0 bridgehead atoms. The van der Waals surface area contributed by atoms with Crippen LogP contribution in [0.3, 0.4) is 0 Å². The van der Waals surface area contributed by atoms with Crippen LogP contribution in [0.25, 0.3) is 16.6 Å². The molecule has 0 spiro atoms. The van der Waals surface area contributed by atoms with Crippen LogP contribution in [0.5, 0.6) is 5.75 Å². The Balaban J connectivity index is 2.00. The second-order valence-electron chi connectivity index (χ2n) is 8.74. The number of amides is 2. The van der Waals surface area contributed by atoms with Crippen molar-refractivity contribution in [2.75, 3.05) is 24.4 Å². The molecule has 9 heteroatoms. The number of pyridine rings is 1. The number of ether oxygens (including phenoxy) is 1. The molecule has 2 aromatic carbocycles. The standard InChI is InChI=1S/C26H26N4O5/c1-26(2,15-35-3)19-13-16(18-11-7-8-12-20(18)31)14-30-22(19)21(23(29-30)28-25(33)34)24(32)27-17-9-5-4-6-10-17/h4-14,31H,15H2,1-3H3,(H,27,32)(H,28,29)(H,33,34). The quantitative estimate of drug-likeness (QED) is 0.300. The third-order valence-corrected chi connectivity index (χ3v) is 5.66. The monoisotopic (exact) mass is 474 g/mol. The molecule has 2 aromatic heterocycles. The maximum absolute atomic E-state index is 13.5. The molecule has 0 aliphatic heterocycles. The summed E-state index contributed by atoms with van der Waals surface area (Å²) >= 11 is 0. The molecule has 0 aliphatic rings. The van der Waals surface area contributed by atoms with Gasteiger partial charge in [-0.25, -0.2) is 9.31 Å². The van der Waals surface area contributed by atoms with Gasteiger partial charge in [-0.15, -0.1) is 5.10 Å². The highest BCUT2D eigenvalue weighted by Crippen LogP contribution is 2.38. The van der Waals surface area contributed by atoms with E-state index in [0.29, 0.717) is 34.5 Å². The van der Waals surface area contributed by atoms with Crippen molar-refractivity contribution in [3.05, 3.63) is 78.0 Å². The lowest BCUT2D eigenvalue weighted by molar-refractivity contribution is 0.102. The first-order valence-corrected chi connectivity index (χ1v) is 10.9. The lowest BCUT2D eigenvalue weighted by Gasteiger charge is -2.26. The maximum atomic E-state index is 13.5. The number of nitrogens with one attached hydrogen (secondary N) is 2. The molecule has 0 fully saturated rings. The number of carboxylic acid groups (broad SMARTS) is 1. The van der Waals surface area contributed by atoms with Gasteiger partial charge < -0.3 is 20.3 Å². The van der Waals surface area contributed by atoms with Crippen LogP contribution in [0.15, 0.2) is 66.9 Å². The normalized spacial score (nSPS) is 11.4. The summed E-state index contributed by atoms with van der Waals surface area (Å²) in [5.41, 5.74) is 2.39. The minimum absolute atomic E-state index is 0.0827.